The van der Waals surface area contributed by atoms with E-state index in [1.54, 1.807) is 0 Å². The van der Waals surface area contributed by atoms with Gasteiger partial charge >= 0.3 is 0 Å². The summed E-state index contributed by atoms with van der Waals surface area (Å²) in [6.45, 7) is 6.81. The quantitative estimate of drug-likeness (QED) is 0.723. The average Bonchev–Trinajstić information content (AvgIpc) is 2.82. The molecule has 0 bridgehead atoms. The Morgan fingerprint density at radius 1 is 1.00 bits per heavy atom. The molecule has 3 rings (SSSR count). The number of aromatic nitrogens is 1. The Bertz CT molecular complexity index is 618. The maximum Gasteiger partial charge on any atom is 0.0516 e. The van der Waals surface area contributed by atoms with E-state index in [1.807, 2.05) is 12.3 Å². The summed E-state index contributed by atoms with van der Waals surface area (Å²) >= 11 is 0. The number of benzene rings is 1. The van der Waals surface area contributed by atoms with Crippen LogP contribution in [0.15, 0.2) is 48.7 Å². The fraction of sp³-hybridized carbons (Fsp3) is 0.278. The summed E-state index contributed by atoms with van der Waals surface area (Å²) in [5, 5.41) is 0. The van der Waals surface area contributed by atoms with Crippen molar-refractivity contribution in [1.82, 2.24) is 4.98 Å². The number of hydrogen-bond donors (Lipinski definition) is 0. The highest BCUT2D eigenvalue weighted by Crippen LogP contribution is 2.39. The summed E-state index contributed by atoms with van der Waals surface area (Å²) in [5.41, 5.74) is 5.48. The SMILES string of the molecule is CC(C)(C)c1cccc2c1C=CC2c1ccccn1. The van der Waals surface area contributed by atoms with Gasteiger partial charge in [-0.1, -0.05) is 57.2 Å². The molecule has 0 radical (unpaired) electrons. The zero-order valence-corrected chi connectivity index (χ0v) is 11.7. The van der Waals surface area contributed by atoms with Crippen molar-refractivity contribution < 1.29 is 0 Å². The van der Waals surface area contributed by atoms with Gasteiger partial charge in [-0.25, -0.2) is 0 Å². The average molecular weight is 249 g/mol. The van der Waals surface area contributed by atoms with Gasteiger partial charge in [0.25, 0.3) is 0 Å². The molecule has 0 fully saturated rings. The van der Waals surface area contributed by atoms with E-state index in [4.69, 9.17) is 0 Å². The minimum Gasteiger partial charge on any atom is -0.260 e. The summed E-state index contributed by atoms with van der Waals surface area (Å²) in [5.74, 6) is 0.304. The smallest absolute Gasteiger partial charge is 0.0516 e. The van der Waals surface area contributed by atoms with Crippen LogP contribution in [0.4, 0.5) is 0 Å². The van der Waals surface area contributed by atoms with Crippen molar-refractivity contribution in [3.8, 4) is 0 Å². The van der Waals surface area contributed by atoms with Crippen molar-refractivity contribution in [2.45, 2.75) is 32.1 Å². The van der Waals surface area contributed by atoms with E-state index in [0.717, 1.165) is 5.69 Å². The molecule has 0 spiro atoms. The summed E-state index contributed by atoms with van der Waals surface area (Å²) in [6.07, 6.45) is 6.40. The number of pyridine rings is 1. The maximum absolute atomic E-state index is 4.50. The van der Waals surface area contributed by atoms with E-state index in [0.29, 0.717) is 5.92 Å². The molecular formula is C18H19N. The fourth-order valence-electron chi connectivity index (χ4n) is 2.81. The monoisotopic (exact) mass is 249 g/mol. The number of rotatable bonds is 1. The van der Waals surface area contributed by atoms with E-state index in [2.05, 4.69) is 68.2 Å². The standard InChI is InChI=1S/C18H19N/c1-18(2,3)16-8-6-7-13-14(16)10-11-15(13)17-9-4-5-12-19-17/h4-12,15H,1-3H3. The first-order valence-corrected chi connectivity index (χ1v) is 6.80. The minimum atomic E-state index is 0.175. The van der Waals surface area contributed by atoms with Crippen molar-refractivity contribution in [2.75, 3.05) is 0 Å². The lowest BCUT2D eigenvalue weighted by Crippen LogP contribution is -2.13. The second-order valence-electron chi connectivity index (χ2n) is 6.15. The third kappa shape index (κ3) is 2.10. The highest BCUT2D eigenvalue weighted by molar-refractivity contribution is 5.68. The van der Waals surface area contributed by atoms with Gasteiger partial charge < -0.3 is 0 Å². The zero-order valence-electron chi connectivity index (χ0n) is 11.7. The van der Waals surface area contributed by atoms with E-state index in [1.165, 1.54) is 16.7 Å². The molecule has 1 nitrogen and oxygen atoms in total. The Morgan fingerprint density at radius 2 is 1.84 bits per heavy atom. The van der Waals surface area contributed by atoms with Gasteiger partial charge in [-0.3, -0.25) is 4.98 Å². The Balaban J connectivity index is 2.11. The molecule has 1 aromatic carbocycles. The molecule has 0 saturated heterocycles. The van der Waals surface area contributed by atoms with Gasteiger partial charge in [0.15, 0.2) is 0 Å². The summed E-state index contributed by atoms with van der Waals surface area (Å²) in [7, 11) is 0. The molecule has 1 aliphatic carbocycles. The van der Waals surface area contributed by atoms with Crippen molar-refractivity contribution in [3.05, 3.63) is 71.1 Å². The molecular weight excluding hydrogens is 230 g/mol. The van der Waals surface area contributed by atoms with Crippen LogP contribution in [0.5, 0.6) is 0 Å². The predicted molar refractivity (Wildman–Crippen MR) is 80.3 cm³/mol. The summed E-state index contributed by atoms with van der Waals surface area (Å²) < 4.78 is 0. The third-order valence-corrected chi connectivity index (χ3v) is 3.74. The third-order valence-electron chi connectivity index (χ3n) is 3.74. The van der Waals surface area contributed by atoms with Gasteiger partial charge in [0, 0.05) is 12.1 Å². The highest BCUT2D eigenvalue weighted by Gasteiger charge is 2.25. The second kappa shape index (κ2) is 4.34. The van der Waals surface area contributed by atoms with E-state index in [-0.39, 0.29) is 5.41 Å². The fourth-order valence-corrected chi connectivity index (χ4v) is 2.81. The first-order chi connectivity index (χ1) is 9.07. The maximum atomic E-state index is 4.50. The van der Waals surface area contributed by atoms with Gasteiger partial charge in [-0.2, -0.15) is 0 Å². The molecule has 0 N–H and O–H groups in total. The molecule has 0 aliphatic heterocycles. The van der Waals surface area contributed by atoms with Gasteiger partial charge in [0.1, 0.15) is 0 Å². The van der Waals surface area contributed by atoms with Crippen molar-refractivity contribution in [3.63, 3.8) is 0 Å². The van der Waals surface area contributed by atoms with Crippen LogP contribution < -0.4 is 0 Å². The topological polar surface area (TPSA) is 12.9 Å². The van der Waals surface area contributed by atoms with Crippen LogP contribution in [-0.4, -0.2) is 4.98 Å². The molecule has 0 saturated carbocycles. The van der Waals surface area contributed by atoms with E-state index >= 15 is 0 Å². The van der Waals surface area contributed by atoms with E-state index < -0.39 is 0 Å². The molecule has 1 atom stereocenters. The molecule has 0 amide bonds. The van der Waals surface area contributed by atoms with Crippen LogP contribution in [-0.2, 0) is 5.41 Å². The lowest BCUT2D eigenvalue weighted by molar-refractivity contribution is 0.588. The number of allylic oxidation sites excluding steroid dienone is 1. The first-order valence-electron chi connectivity index (χ1n) is 6.80. The van der Waals surface area contributed by atoms with Crippen LogP contribution in [0.1, 0.15) is 49.1 Å². The molecule has 1 heteroatoms. The van der Waals surface area contributed by atoms with Crippen LogP contribution >= 0.6 is 0 Å². The Hall–Kier alpha value is -1.89. The minimum absolute atomic E-state index is 0.175. The van der Waals surface area contributed by atoms with Crippen LogP contribution in [0, 0.1) is 0 Å². The van der Waals surface area contributed by atoms with Gasteiger partial charge in [0.2, 0.25) is 0 Å². The molecule has 1 unspecified atom stereocenters. The second-order valence-corrected chi connectivity index (χ2v) is 6.15. The number of fused-ring (bicyclic) bond motifs is 1. The lowest BCUT2D eigenvalue weighted by Gasteiger charge is -2.23. The normalized spacial score (nSPS) is 17.5. The largest absolute Gasteiger partial charge is 0.260 e. The molecule has 1 aliphatic rings. The van der Waals surface area contributed by atoms with Crippen LogP contribution in [0.2, 0.25) is 0 Å². The van der Waals surface area contributed by atoms with Crippen LogP contribution in [0.25, 0.3) is 6.08 Å². The summed E-state index contributed by atoms with van der Waals surface area (Å²) in [6, 6.07) is 12.8. The molecule has 2 aromatic rings. The van der Waals surface area contributed by atoms with Crippen LogP contribution in [0.3, 0.4) is 0 Å². The molecule has 19 heavy (non-hydrogen) atoms. The van der Waals surface area contributed by atoms with Gasteiger partial charge in [-0.15, -0.1) is 0 Å². The molecule has 1 heterocycles. The van der Waals surface area contributed by atoms with Gasteiger partial charge in [0.05, 0.1) is 5.69 Å². The molecule has 96 valence electrons. The Morgan fingerprint density at radius 3 is 2.53 bits per heavy atom. The first kappa shape index (κ1) is 12.2. The lowest BCUT2D eigenvalue weighted by atomic mass is 9.82. The highest BCUT2D eigenvalue weighted by atomic mass is 14.7. The zero-order chi connectivity index (χ0) is 13.5. The molecule has 1 aromatic heterocycles. The Kier molecular flexibility index (Phi) is 2.78. The summed E-state index contributed by atoms with van der Waals surface area (Å²) in [4.78, 5) is 4.50. The predicted octanol–water partition coefficient (Wildman–Crippen LogP) is 4.54. The van der Waals surface area contributed by atoms with E-state index in [9.17, 15) is 0 Å². The van der Waals surface area contributed by atoms with Crippen molar-refractivity contribution >= 4 is 6.08 Å². The van der Waals surface area contributed by atoms with Crippen molar-refractivity contribution in [2.24, 2.45) is 0 Å². The van der Waals surface area contributed by atoms with Crippen molar-refractivity contribution in [1.29, 1.82) is 0 Å². The number of nitrogens with zero attached hydrogens (tertiary/aromatic N) is 1. The van der Waals surface area contributed by atoms with Gasteiger partial charge in [-0.05, 0) is 34.2 Å². The number of hydrogen-bond acceptors (Lipinski definition) is 1. The Labute approximate surface area is 115 Å².